The molecular formula is C15H16F2N2. The molecule has 0 heterocycles. The van der Waals surface area contributed by atoms with Crippen LogP contribution in [0.3, 0.4) is 0 Å². The molecule has 0 saturated heterocycles. The Kier molecular flexibility index (Phi) is 4.12. The Morgan fingerprint density at radius 2 is 1.74 bits per heavy atom. The van der Waals surface area contributed by atoms with Crippen molar-refractivity contribution in [2.45, 2.75) is 13.5 Å². The molecule has 2 rings (SSSR count). The third-order valence-corrected chi connectivity index (χ3v) is 3.01. The maximum atomic E-state index is 14.1. The molecule has 2 aromatic rings. The number of hydrogen-bond acceptors (Lipinski definition) is 2. The van der Waals surface area contributed by atoms with Gasteiger partial charge in [0.25, 0.3) is 0 Å². The predicted molar refractivity (Wildman–Crippen MR) is 73.4 cm³/mol. The van der Waals surface area contributed by atoms with E-state index in [1.165, 1.54) is 18.2 Å². The number of halogens is 2. The number of hydrogen-bond donors (Lipinski definition) is 1. The summed E-state index contributed by atoms with van der Waals surface area (Å²) < 4.78 is 27.0. The van der Waals surface area contributed by atoms with Crippen LogP contribution in [-0.2, 0) is 6.54 Å². The highest BCUT2D eigenvalue weighted by atomic mass is 19.1. The monoisotopic (exact) mass is 262 g/mol. The van der Waals surface area contributed by atoms with Crippen LogP contribution in [0.15, 0.2) is 42.5 Å². The summed E-state index contributed by atoms with van der Waals surface area (Å²) in [5.74, 6) is -0.637. The molecule has 0 unspecified atom stereocenters. The molecule has 100 valence electrons. The lowest BCUT2D eigenvalue weighted by Crippen LogP contribution is -2.20. The second-order valence-corrected chi connectivity index (χ2v) is 4.17. The molecule has 0 radical (unpaired) electrons. The molecule has 0 spiro atoms. The zero-order chi connectivity index (χ0) is 13.8. The molecule has 0 amide bonds. The molecule has 2 N–H and O–H groups in total. The van der Waals surface area contributed by atoms with E-state index in [9.17, 15) is 8.78 Å². The van der Waals surface area contributed by atoms with E-state index in [1.807, 2.05) is 6.92 Å². The van der Waals surface area contributed by atoms with E-state index in [4.69, 9.17) is 5.73 Å². The van der Waals surface area contributed by atoms with Crippen molar-refractivity contribution in [1.29, 1.82) is 0 Å². The van der Waals surface area contributed by atoms with Gasteiger partial charge in [-0.1, -0.05) is 12.1 Å². The Balaban J connectivity index is 2.50. The van der Waals surface area contributed by atoms with E-state index in [1.54, 1.807) is 29.2 Å². The zero-order valence-electron chi connectivity index (χ0n) is 10.7. The number of nitrogens with zero attached hydrogens (tertiary/aromatic N) is 1. The third-order valence-electron chi connectivity index (χ3n) is 3.01. The summed E-state index contributed by atoms with van der Waals surface area (Å²) in [7, 11) is 0. The second-order valence-electron chi connectivity index (χ2n) is 4.17. The first-order valence-electron chi connectivity index (χ1n) is 6.18. The molecule has 0 aliphatic heterocycles. The van der Waals surface area contributed by atoms with Gasteiger partial charge in [0.2, 0.25) is 0 Å². The van der Waals surface area contributed by atoms with E-state index in [0.29, 0.717) is 12.2 Å². The van der Waals surface area contributed by atoms with Crippen LogP contribution in [-0.4, -0.2) is 6.54 Å². The van der Waals surface area contributed by atoms with Crippen molar-refractivity contribution in [3.05, 3.63) is 59.7 Å². The van der Waals surface area contributed by atoms with E-state index in [0.717, 1.165) is 11.3 Å². The summed E-state index contributed by atoms with van der Waals surface area (Å²) >= 11 is 0. The number of rotatable bonds is 4. The second kappa shape index (κ2) is 5.80. The fourth-order valence-corrected chi connectivity index (χ4v) is 2.12. The number of anilines is 2. The van der Waals surface area contributed by atoms with Gasteiger partial charge in [-0.3, -0.25) is 0 Å². The summed E-state index contributed by atoms with van der Waals surface area (Å²) in [6, 6.07) is 10.8. The van der Waals surface area contributed by atoms with Gasteiger partial charge in [-0.05, 0) is 42.8 Å². The van der Waals surface area contributed by atoms with Crippen molar-refractivity contribution in [2.75, 3.05) is 11.4 Å². The molecule has 2 aromatic carbocycles. The zero-order valence-corrected chi connectivity index (χ0v) is 10.7. The van der Waals surface area contributed by atoms with Gasteiger partial charge in [-0.2, -0.15) is 0 Å². The van der Waals surface area contributed by atoms with Gasteiger partial charge >= 0.3 is 0 Å². The summed E-state index contributed by atoms with van der Waals surface area (Å²) in [6.45, 7) is 2.74. The van der Waals surface area contributed by atoms with Gasteiger partial charge in [0.05, 0.1) is 5.69 Å². The van der Waals surface area contributed by atoms with Crippen molar-refractivity contribution in [3.8, 4) is 0 Å². The van der Waals surface area contributed by atoms with E-state index >= 15 is 0 Å². The van der Waals surface area contributed by atoms with Crippen molar-refractivity contribution in [2.24, 2.45) is 5.73 Å². The molecule has 0 aliphatic rings. The first-order chi connectivity index (χ1) is 9.17. The molecule has 0 aliphatic carbocycles. The molecule has 0 aromatic heterocycles. The molecule has 4 heteroatoms. The Hall–Kier alpha value is -1.94. The lowest BCUT2D eigenvalue weighted by Gasteiger charge is -2.26. The van der Waals surface area contributed by atoms with Crippen molar-refractivity contribution in [1.82, 2.24) is 0 Å². The Morgan fingerprint density at radius 1 is 1.05 bits per heavy atom. The van der Waals surface area contributed by atoms with Crippen molar-refractivity contribution >= 4 is 11.4 Å². The van der Waals surface area contributed by atoms with E-state index < -0.39 is 0 Å². The van der Waals surface area contributed by atoms with Crippen LogP contribution in [0.5, 0.6) is 0 Å². The molecular weight excluding hydrogens is 246 g/mol. The average molecular weight is 262 g/mol. The standard InChI is InChI=1S/C15H16F2N2/c1-2-19(13-8-6-12(16)7-9-13)15-11(10-18)4-3-5-14(15)17/h3-9H,2,10,18H2,1H3. The normalized spacial score (nSPS) is 10.5. The highest BCUT2D eigenvalue weighted by Crippen LogP contribution is 2.31. The Labute approximate surface area is 111 Å². The van der Waals surface area contributed by atoms with Crippen LogP contribution in [0.1, 0.15) is 12.5 Å². The lowest BCUT2D eigenvalue weighted by molar-refractivity contribution is 0.622. The SMILES string of the molecule is CCN(c1ccc(F)cc1)c1c(F)cccc1CN. The van der Waals surface area contributed by atoms with Crippen LogP contribution in [0.25, 0.3) is 0 Å². The maximum Gasteiger partial charge on any atom is 0.147 e. The predicted octanol–water partition coefficient (Wildman–Crippen LogP) is 3.58. The highest BCUT2D eigenvalue weighted by Gasteiger charge is 2.15. The molecule has 19 heavy (non-hydrogen) atoms. The van der Waals surface area contributed by atoms with E-state index in [-0.39, 0.29) is 18.2 Å². The van der Waals surface area contributed by atoms with Gasteiger partial charge in [0.15, 0.2) is 0 Å². The van der Waals surface area contributed by atoms with Gasteiger partial charge < -0.3 is 10.6 Å². The van der Waals surface area contributed by atoms with Crippen molar-refractivity contribution in [3.63, 3.8) is 0 Å². The van der Waals surface area contributed by atoms with Gasteiger partial charge in [-0.15, -0.1) is 0 Å². The summed E-state index contributed by atoms with van der Waals surface area (Å²) in [4.78, 5) is 1.79. The van der Waals surface area contributed by atoms with Gasteiger partial charge in [0.1, 0.15) is 11.6 Å². The summed E-state index contributed by atoms with van der Waals surface area (Å²) in [6.07, 6.45) is 0. The number of para-hydroxylation sites is 1. The molecule has 0 bridgehead atoms. The average Bonchev–Trinajstić information content (AvgIpc) is 2.43. The third kappa shape index (κ3) is 2.74. The maximum absolute atomic E-state index is 14.1. The van der Waals surface area contributed by atoms with Gasteiger partial charge in [0, 0.05) is 18.8 Å². The smallest absolute Gasteiger partial charge is 0.147 e. The van der Waals surface area contributed by atoms with Gasteiger partial charge in [-0.25, -0.2) is 8.78 Å². The number of nitrogens with two attached hydrogens (primary N) is 1. The minimum absolute atomic E-state index is 0.255. The molecule has 0 atom stereocenters. The first kappa shape index (κ1) is 13.5. The van der Waals surface area contributed by atoms with Crippen molar-refractivity contribution < 1.29 is 8.78 Å². The number of benzene rings is 2. The minimum atomic E-state index is -0.325. The van der Waals surface area contributed by atoms with E-state index in [2.05, 4.69) is 0 Å². The molecule has 0 saturated carbocycles. The van der Waals surface area contributed by atoms with Crippen LogP contribution in [0, 0.1) is 11.6 Å². The highest BCUT2D eigenvalue weighted by molar-refractivity contribution is 5.67. The Morgan fingerprint density at radius 3 is 2.32 bits per heavy atom. The van der Waals surface area contributed by atoms with Crippen LogP contribution < -0.4 is 10.6 Å². The first-order valence-corrected chi connectivity index (χ1v) is 6.18. The minimum Gasteiger partial charge on any atom is -0.339 e. The van der Waals surface area contributed by atoms with Crippen LogP contribution in [0.4, 0.5) is 20.2 Å². The lowest BCUT2D eigenvalue weighted by atomic mass is 10.1. The van der Waals surface area contributed by atoms with Crippen LogP contribution in [0.2, 0.25) is 0 Å². The summed E-state index contributed by atoms with van der Waals surface area (Å²) in [5, 5.41) is 0. The quantitative estimate of drug-likeness (QED) is 0.912. The molecule has 2 nitrogen and oxygen atoms in total. The van der Waals surface area contributed by atoms with Crippen LogP contribution >= 0.6 is 0 Å². The fraction of sp³-hybridized carbons (Fsp3) is 0.200. The summed E-state index contributed by atoms with van der Waals surface area (Å²) in [5.41, 5.74) is 7.59. The largest absolute Gasteiger partial charge is 0.339 e. The molecule has 0 fully saturated rings. The topological polar surface area (TPSA) is 29.3 Å². The Bertz CT molecular complexity index is 553. The fourth-order valence-electron chi connectivity index (χ4n) is 2.12.